The van der Waals surface area contributed by atoms with Crippen LogP contribution in [-0.2, 0) is 35.2 Å². The number of carbonyl (C=O) groups is 6. The summed E-state index contributed by atoms with van der Waals surface area (Å²) in [6.45, 7) is 1.12. The van der Waals surface area contributed by atoms with Crippen molar-refractivity contribution in [2.24, 2.45) is 11.5 Å². The van der Waals surface area contributed by atoms with Gasteiger partial charge in [-0.05, 0) is 31.4 Å². The molecule has 4 amide bonds. The van der Waals surface area contributed by atoms with E-state index in [2.05, 4.69) is 15.6 Å². The van der Waals surface area contributed by atoms with Crippen LogP contribution in [0.4, 0.5) is 0 Å². The second kappa shape index (κ2) is 13.9. The van der Waals surface area contributed by atoms with Gasteiger partial charge in [0.15, 0.2) is 6.04 Å². The van der Waals surface area contributed by atoms with Crippen LogP contribution < -0.4 is 27.4 Å². The summed E-state index contributed by atoms with van der Waals surface area (Å²) in [4.78, 5) is 75.4. The fourth-order valence-corrected chi connectivity index (χ4v) is 3.76. The van der Waals surface area contributed by atoms with Gasteiger partial charge in [0.05, 0.1) is 18.6 Å². The molecule has 1 aromatic heterocycles. The summed E-state index contributed by atoms with van der Waals surface area (Å²) < 4.78 is 0. The molecule has 0 spiro atoms. The summed E-state index contributed by atoms with van der Waals surface area (Å²) in [6, 6.07) is 1.20. The van der Waals surface area contributed by atoms with Gasteiger partial charge in [0.25, 0.3) is 0 Å². The van der Waals surface area contributed by atoms with Gasteiger partial charge in [0.2, 0.25) is 23.6 Å². The molecule has 39 heavy (non-hydrogen) atoms. The minimum absolute atomic E-state index is 0.0663. The van der Waals surface area contributed by atoms with Gasteiger partial charge >= 0.3 is 11.9 Å². The Balaban J connectivity index is 2.16. The van der Waals surface area contributed by atoms with Crippen molar-refractivity contribution in [3.05, 3.63) is 36.0 Å². The molecule has 212 valence electrons. The quantitative estimate of drug-likeness (QED) is 0.115. The molecule has 0 fully saturated rings. The van der Waals surface area contributed by atoms with Crippen molar-refractivity contribution >= 4 is 46.5 Å². The number of carboxylic acids is 2. The summed E-state index contributed by atoms with van der Waals surface area (Å²) in [6.07, 6.45) is -1.39. The molecular formula is C24H32N6O9. The van der Waals surface area contributed by atoms with Crippen molar-refractivity contribution in [2.75, 3.05) is 0 Å². The maximum absolute atomic E-state index is 12.9. The van der Waals surface area contributed by atoms with Gasteiger partial charge in [-0.3, -0.25) is 24.0 Å². The zero-order valence-corrected chi connectivity index (χ0v) is 21.0. The van der Waals surface area contributed by atoms with Gasteiger partial charge in [-0.2, -0.15) is 0 Å². The number of aliphatic hydroxyl groups is 1. The normalized spacial score (nSPS) is 14.8. The van der Waals surface area contributed by atoms with Crippen molar-refractivity contribution in [1.29, 1.82) is 0 Å². The number of carboxylic acid groups (broad SMARTS) is 2. The molecule has 5 unspecified atom stereocenters. The van der Waals surface area contributed by atoms with Crippen molar-refractivity contribution < 1.29 is 44.1 Å². The number of amides is 4. The number of nitrogens with one attached hydrogen (secondary N) is 4. The van der Waals surface area contributed by atoms with Gasteiger partial charge in [-0.1, -0.05) is 18.2 Å². The standard InChI is InChI=1S/C24H32N6O9/c1-11(31)20(24(38)39)30-22(36)16(6-7-18(26)32)28-23(37)17(9-19(33)34)29-21(35)14(25)8-12-10-27-15-5-3-2-4-13(12)15/h2-5,10-11,14,16-17,20,27,31H,6-9,25H2,1H3,(H2,26,32)(H,28,37)(H,29,35)(H,30,36)(H,33,34)(H,38,39). The first-order valence-corrected chi connectivity index (χ1v) is 11.9. The average Bonchev–Trinajstić information content (AvgIpc) is 3.26. The van der Waals surface area contributed by atoms with Crippen LogP contribution in [0.5, 0.6) is 0 Å². The van der Waals surface area contributed by atoms with E-state index >= 15 is 0 Å². The van der Waals surface area contributed by atoms with Crippen LogP contribution in [0.1, 0.15) is 31.7 Å². The van der Waals surface area contributed by atoms with Crippen molar-refractivity contribution in [2.45, 2.75) is 62.9 Å². The fraction of sp³-hybridized carbons (Fsp3) is 0.417. The first-order valence-electron chi connectivity index (χ1n) is 11.9. The Kier molecular flexibility index (Phi) is 10.9. The van der Waals surface area contributed by atoms with E-state index in [1.165, 1.54) is 0 Å². The molecule has 15 heteroatoms. The van der Waals surface area contributed by atoms with Crippen LogP contribution >= 0.6 is 0 Å². The Hall–Kier alpha value is -4.50. The summed E-state index contributed by atoms with van der Waals surface area (Å²) in [5.74, 6) is -6.84. The van der Waals surface area contributed by atoms with E-state index in [4.69, 9.17) is 11.5 Å². The smallest absolute Gasteiger partial charge is 0.328 e. The van der Waals surface area contributed by atoms with Crippen LogP contribution in [0.15, 0.2) is 30.5 Å². The van der Waals surface area contributed by atoms with Gasteiger partial charge < -0.3 is 47.7 Å². The molecule has 2 rings (SSSR count). The van der Waals surface area contributed by atoms with Crippen molar-refractivity contribution in [1.82, 2.24) is 20.9 Å². The summed E-state index contributed by atoms with van der Waals surface area (Å²) in [5, 5.41) is 35.5. The van der Waals surface area contributed by atoms with E-state index in [1.54, 1.807) is 6.20 Å². The molecule has 1 aromatic carbocycles. The number of aliphatic carboxylic acids is 2. The van der Waals surface area contributed by atoms with E-state index in [0.29, 0.717) is 0 Å². The summed E-state index contributed by atoms with van der Waals surface area (Å²) in [5.41, 5.74) is 12.7. The Morgan fingerprint density at radius 2 is 1.56 bits per heavy atom. The van der Waals surface area contributed by atoms with E-state index in [1.807, 2.05) is 29.6 Å². The van der Waals surface area contributed by atoms with Crippen LogP contribution in [0, 0.1) is 0 Å². The SMILES string of the molecule is CC(O)C(NC(=O)C(CCC(N)=O)NC(=O)C(CC(=O)O)NC(=O)C(N)Cc1c[nH]c2ccccc12)C(=O)O. The highest BCUT2D eigenvalue weighted by molar-refractivity contribution is 5.96. The third-order valence-corrected chi connectivity index (χ3v) is 5.82. The maximum atomic E-state index is 12.9. The van der Waals surface area contributed by atoms with Crippen LogP contribution in [-0.4, -0.2) is 86.1 Å². The first kappa shape index (κ1) is 30.7. The lowest BCUT2D eigenvalue weighted by molar-refractivity contribution is -0.145. The molecule has 0 bridgehead atoms. The summed E-state index contributed by atoms with van der Waals surface area (Å²) in [7, 11) is 0. The number of hydrogen-bond donors (Lipinski definition) is 9. The van der Waals surface area contributed by atoms with Gasteiger partial charge in [0.1, 0.15) is 12.1 Å². The zero-order chi connectivity index (χ0) is 29.3. The van der Waals surface area contributed by atoms with Crippen LogP contribution in [0.3, 0.4) is 0 Å². The highest BCUT2D eigenvalue weighted by atomic mass is 16.4. The molecule has 0 saturated carbocycles. The third kappa shape index (κ3) is 9.08. The van der Waals surface area contributed by atoms with E-state index in [0.717, 1.165) is 23.4 Å². The molecule has 0 radical (unpaired) electrons. The number of nitrogens with two attached hydrogens (primary N) is 2. The topological polar surface area (TPSA) is 267 Å². The Labute approximate surface area is 222 Å². The fourth-order valence-electron chi connectivity index (χ4n) is 3.76. The number of aromatic amines is 1. The number of carbonyl (C=O) groups excluding carboxylic acids is 4. The van der Waals surface area contributed by atoms with E-state index in [9.17, 15) is 44.1 Å². The predicted molar refractivity (Wildman–Crippen MR) is 136 cm³/mol. The van der Waals surface area contributed by atoms with Crippen LogP contribution in [0.25, 0.3) is 10.9 Å². The number of aliphatic hydroxyl groups excluding tert-OH is 1. The minimum Gasteiger partial charge on any atom is -0.481 e. The monoisotopic (exact) mass is 548 g/mol. The number of benzene rings is 1. The number of para-hydroxylation sites is 1. The largest absolute Gasteiger partial charge is 0.481 e. The Morgan fingerprint density at radius 1 is 0.949 bits per heavy atom. The predicted octanol–water partition coefficient (Wildman–Crippen LogP) is -2.30. The maximum Gasteiger partial charge on any atom is 0.328 e. The molecule has 15 nitrogen and oxygen atoms in total. The molecule has 1 heterocycles. The van der Waals surface area contributed by atoms with E-state index < -0.39 is 78.7 Å². The Morgan fingerprint density at radius 3 is 2.15 bits per heavy atom. The van der Waals surface area contributed by atoms with Crippen molar-refractivity contribution in [3.8, 4) is 0 Å². The summed E-state index contributed by atoms with van der Waals surface area (Å²) >= 11 is 0. The number of aromatic nitrogens is 1. The lowest BCUT2D eigenvalue weighted by Gasteiger charge is -2.25. The zero-order valence-electron chi connectivity index (χ0n) is 21.0. The molecule has 0 aliphatic rings. The second-order valence-corrected chi connectivity index (χ2v) is 8.96. The average molecular weight is 549 g/mol. The van der Waals surface area contributed by atoms with Gasteiger partial charge in [-0.25, -0.2) is 4.79 Å². The van der Waals surface area contributed by atoms with E-state index in [-0.39, 0.29) is 12.8 Å². The molecule has 0 aliphatic carbocycles. The number of hydrogen-bond acceptors (Lipinski definition) is 8. The Bertz CT molecular complexity index is 1230. The van der Waals surface area contributed by atoms with Crippen molar-refractivity contribution in [3.63, 3.8) is 0 Å². The molecule has 11 N–H and O–H groups in total. The third-order valence-electron chi connectivity index (χ3n) is 5.82. The van der Waals surface area contributed by atoms with Gasteiger partial charge in [-0.15, -0.1) is 0 Å². The first-order chi connectivity index (χ1) is 18.3. The molecule has 0 saturated heterocycles. The lowest BCUT2D eigenvalue weighted by Crippen LogP contribution is -2.58. The molecular weight excluding hydrogens is 516 g/mol. The highest BCUT2D eigenvalue weighted by Gasteiger charge is 2.33. The number of rotatable bonds is 15. The lowest BCUT2D eigenvalue weighted by atomic mass is 10.0. The number of fused-ring (bicyclic) bond motifs is 1. The number of H-pyrrole nitrogens is 1. The minimum atomic E-state index is -1.73. The second-order valence-electron chi connectivity index (χ2n) is 8.96. The highest BCUT2D eigenvalue weighted by Crippen LogP contribution is 2.18. The van der Waals surface area contributed by atoms with Gasteiger partial charge in [0, 0.05) is 23.5 Å². The van der Waals surface area contributed by atoms with Crippen LogP contribution in [0.2, 0.25) is 0 Å². The molecule has 5 atom stereocenters. The molecule has 2 aromatic rings. The number of primary amides is 1. The molecule has 0 aliphatic heterocycles.